The first-order chi connectivity index (χ1) is 13.6. The minimum Gasteiger partial charge on any atom is -0.373 e. The number of amides is 1. The molecule has 1 amide bonds. The number of carbonyl (C=O) groups is 1. The molecule has 1 fully saturated rings. The Morgan fingerprint density at radius 2 is 1.75 bits per heavy atom. The van der Waals surface area contributed by atoms with Crippen molar-refractivity contribution >= 4 is 22.6 Å². The number of fused-ring (bicyclic) bond motifs is 1. The molecule has 1 saturated heterocycles. The summed E-state index contributed by atoms with van der Waals surface area (Å²) in [4.78, 5) is 19.5. The molecule has 0 unspecified atom stereocenters. The van der Waals surface area contributed by atoms with Gasteiger partial charge in [0.15, 0.2) is 0 Å². The van der Waals surface area contributed by atoms with Crippen molar-refractivity contribution in [1.29, 1.82) is 0 Å². The van der Waals surface area contributed by atoms with Crippen molar-refractivity contribution in [3.05, 3.63) is 71.8 Å². The van der Waals surface area contributed by atoms with Gasteiger partial charge in [-0.2, -0.15) is 0 Å². The lowest BCUT2D eigenvalue weighted by molar-refractivity contribution is -0.0704. The van der Waals surface area contributed by atoms with Crippen LogP contribution in [0.1, 0.15) is 29.8 Å². The second-order valence-electron chi connectivity index (χ2n) is 7.49. The molecule has 2 atom stereocenters. The van der Waals surface area contributed by atoms with Crippen LogP contribution >= 0.6 is 0 Å². The highest BCUT2D eigenvalue weighted by molar-refractivity contribution is 6.04. The van der Waals surface area contributed by atoms with Gasteiger partial charge in [-0.15, -0.1) is 0 Å². The zero-order chi connectivity index (χ0) is 19.5. The van der Waals surface area contributed by atoms with Gasteiger partial charge in [0.05, 0.1) is 17.7 Å². The molecule has 0 spiro atoms. The van der Waals surface area contributed by atoms with E-state index in [1.54, 1.807) is 0 Å². The number of pyridine rings is 1. The third-order valence-electron chi connectivity index (χ3n) is 4.96. The van der Waals surface area contributed by atoms with E-state index in [0.717, 1.165) is 30.5 Å². The number of aromatic nitrogens is 1. The number of rotatable bonds is 4. The molecule has 5 heteroatoms. The van der Waals surface area contributed by atoms with Crippen LogP contribution < -0.4 is 5.32 Å². The summed E-state index contributed by atoms with van der Waals surface area (Å²) in [6.45, 7) is 6.94. The fourth-order valence-electron chi connectivity index (χ4n) is 3.76. The smallest absolute Gasteiger partial charge is 0.256 e. The van der Waals surface area contributed by atoms with Crippen molar-refractivity contribution in [1.82, 2.24) is 9.88 Å². The quantitative estimate of drug-likeness (QED) is 0.746. The number of ether oxygens (including phenoxy) is 1. The number of morpholine rings is 1. The molecule has 1 aliphatic heterocycles. The Morgan fingerprint density at radius 3 is 2.50 bits per heavy atom. The summed E-state index contributed by atoms with van der Waals surface area (Å²) in [5.41, 5.74) is 2.69. The summed E-state index contributed by atoms with van der Waals surface area (Å²) in [6, 6.07) is 19.4. The molecule has 0 saturated carbocycles. The standard InChI is InChI=1S/C23H25N3O2/c1-16-13-26(14-17(2)28-16)15-18-7-9-20(10-8-18)23(27)25-22-12-11-19-5-3-4-6-21(19)24-22/h3-12,16-17H,13-15H2,1-2H3,(H,24,25,27)/t16-,17+. The van der Waals surface area contributed by atoms with Gasteiger partial charge in [0.1, 0.15) is 5.82 Å². The molecule has 1 aromatic heterocycles. The van der Waals surface area contributed by atoms with Crippen LogP contribution in [0.2, 0.25) is 0 Å². The lowest BCUT2D eigenvalue weighted by atomic mass is 10.1. The lowest BCUT2D eigenvalue weighted by Crippen LogP contribution is -2.44. The number of hydrogen-bond donors (Lipinski definition) is 1. The molecule has 1 aliphatic rings. The van der Waals surface area contributed by atoms with E-state index in [9.17, 15) is 4.79 Å². The third-order valence-corrected chi connectivity index (χ3v) is 4.96. The predicted octanol–water partition coefficient (Wildman–Crippen LogP) is 4.10. The second kappa shape index (κ2) is 8.09. The zero-order valence-corrected chi connectivity index (χ0v) is 16.3. The van der Waals surface area contributed by atoms with E-state index in [0.29, 0.717) is 11.4 Å². The summed E-state index contributed by atoms with van der Waals surface area (Å²) >= 11 is 0. The minimum atomic E-state index is -0.150. The highest BCUT2D eigenvalue weighted by atomic mass is 16.5. The van der Waals surface area contributed by atoms with E-state index in [-0.39, 0.29) is 18.1 Å². The van der Waals surface area contributed by atoms with Crippen molar-refractivity contribution in [3.63, 3.8) is 0 Å². The van der Waals surface area contributed by atoms with Crippen LogP contribution in [0.4, 0.5) is 5.82 Å². The highest BCUT2D eigenvalue weighted by Crippen LogP contribution is 2.17. The van der Waals surface area contributed by atoms with Crippen molar-refractivity contribution in [2.24, 2.45) is 0 Å². The van der Waals surface area contributed by atoms with E-state index < -0.39 is 0 Å². The Kier molecular flexibility index (Phi) is 5.37. The molecule has 4 rings (SSSR count). The van der Waals surface area contributed by atoms with Gasteiger partial charge in [0.25, 0.3) is 5.91 Å². The molecule has 28 heavy (non-hydrogen) atoms. The van der Waals surface area contributed by atoms with Crippen LogP contribution in [0.3, 0.4) is 0 Å². The van der Waals surface area contributed by atoms with Crippen LogP contribution in [-0.2, 0) is 11.3 Å². The first-order valence-electron chi connectivity index (χ1n) is 9.71. The van der Waals surface area contributed by atoms with Gasteiger partial charge in [-0.25, -0.2) is 4.98 Å². The topological polar surface area (TPSA) is 54.5 Å². The summed E-state index contributed by atoms with van der Waals surface area (Å²) < 4.78 is 5.79. The van der Waals surface area contributed by atoms with E-state index >= 15 is 0 Å². The number of nitrogens with one attached hydrogen (secondary N) is 1. The van der Waals surface area contributed by atoms with Crippen molar-refractivity contribution in [2.75, 3.05) is 18.4 Å². The monoisotopic (exact) mass is 375 g/mol. The average molecular weight is 375 g/mol. The van der Waals surface area contributed by atoms with Gasteiger partial charge < -0.3 is 10.1 Å². The normalized spacial score (nSPS) is 20.2. The molecule has 2 heterocycles. The first kappa shape index (κ1) is 18.6. The Labute approximate surface area is 165 Å². The van der Waals surface area contributed by atoms with Crippen molar-refractivity contribution < 1.29 is 9.53 Å². The Balaban J connectivity index is 1.40. The zero-order valence-electron chi connectivity index (χ0n) is 16.3. The van der Waals surface area contributed by atoms with Crippen LogP contribution in [0.25, 0.3) is 10.9 Å². The maximum atomic E-state index is 12.6. The maximum Gasteiger partial charge on any atom is 0.256 e. The molecule has 1 N–H and O–H groups in total. The number of carbonyl (C=O) groups excluding carboxylic acids is 1. The van der Waals surface area contributed by atoms with Crippen LogP contribution in [0.5, 0.6) is 0 Å². The summed E-state index contributed by atoms with van der Waals surface area (Å²) in [6.07, 6.45) is 0.506. The van der Waals surface area contributed by atoms with Gasteiger partial charge in [-0.1, -0.05) is 30.3 Å². The first-order valence-corrected chi connectivity index (χ1v) is 9.71. The Morgan fingerprint density at radius 1 is 1.04 bits per heavy atom. The maximum absolute atomic E-state index is 12.6. The van der Waals surface area contributed by atoms with Gasteiger partial charge in [-0.3, -0.25) is 9.69 Å². The van der Waals surface area contributed by atoms with Gasteiger partial charge in [0, 0.05) is 30.6 Å². The average Bonchev–Trinajstić information content (AvgIpc) is 2.67. The molecular formula is C23H25N3O2. The third kappa shape index (κ3) is 4.38. The van der Waals surface area contributed by atoms with Gasteiger partial charge >= 0.3 is 0 Å². The number of anilines is 1. The predicted molar refractivity (Wildman–Crippen MR) is 111 cm³/mol. The lowest BCUT2D eigenvalue weighted by Gasteiger charge is -2.35. The van der Waals surface area contributed by atoms with E-state index in [4.69, 9.17) is 4.74 Å². The highest BCUT2D eigenvalue weighted by Gasteiger charge is 2.22. The molecule has 0 aliphatic carbocycles. The Bertz CT molecular complexity index is 961. The summed E-state index contributed by atoms with van der Waals surface area (Å²) in [5, 5.41) is 3.94. The molecule has 2 aromatic carbocycles. The molecule has 0 radical (unpaired) electrons. The summed E-state index contributed by atoms with van der Waals surface area (Å²) in [7, 11) is 0. The SMILES string of the molecule is C[C@@H]1CN(Cc2ccc(C(=O)Nc3ccc4ccccc4n3)cc2)C[C@H](C)O1. The molecule has 0 bridgehead atoms. The number of hydrogen-bond acceptors (Lipinski definition) is 4. The Hall–Kier alpha value is -2.76. The number of nitrogens with zero attached hydrogens (tertiary/aromatic N) is 2. The fourth-order valence-corrected chi connectivity index (χ4v) is 3.76. The van der Waals surface area contributed by atoms with Crippen molar-refractivity contribution in [2.45, 2.75) is 32.6 Å². The molecule has 5 nitrogen and oxygen atoms in total. The largest absolute Gasteiger partial charge is 0.373 e. The van der Waals surface area contributed by atoms with E-state index in [2.05, 4.69) is 29.0 Å². The number of para-hydroxylation sites is 1. The van der Waals surface area contributed by atoms with E-state index in [1.807, 2.05) is 60.7 Å². The minimum absolute atomic E-state index is 0.150. The van der Waals surface area contributed by atoms with Gasteiger partial charge in [-0.05, 0) is 49.7 Å². The number of benzene rings is 2. The second-order valence-corrected chi connectivity index (χ2v) is 7.49. The molecule has 3 aromatic rings. The van der Waals surface area contributed by atoms with Crippen LogP contribution in [-0.4, -0.2) is 41.1 Å². The van der Waals surface area contributed by atoms with Gasteiger partial charge in [0.2, 0.25) is 0 Å². The van der Waals surface area contributed by atoms with Crippen LogP contribution in [0, 0.1) is 0 Å². The van der Waals surface area contributed by atoms with E-state index in [1.165, 1.54) is 5.56 Å². The molecule has 144 valence electrons. The summed E-state index contributed by atoms with van der Waals surface area (Å²) in [5.74, 6) is 0.409. The fraction of sp³-hybridized carbons (Fsp3) is 0.304. The van der Waals surface area contributed by atoms with Crippen molar-refractivity contribution in [3.8, 4) is 0 Å². The van der Waals surface area contributed by atoms with Crippen LogP contribution in [0.15, 0.2) is 60.7 Å². The molecular weight excluding hydrogens is 350 g/mol.